The minimum atomic E-state index is -0.464. The van der Waals surface area contributed by atoms with Gasteiger partial charge < -0.3 is 14.0 Å². The fraction of sp³-hybridized carbons (Fsp3) is 1.00. The first-order chi connectivity index (χ1) is 19.9. The van der Waals surface area contributed by atoms with Crippen molar-refractivity contribution in [3.05, 3.63) is 0 Å². The summed E-state index contributed by atoms with van der Waals surface area (Å²) in [6, 6.07) is 0. The maximum atomic E-state index is 6.90. The Bertz CT molecular complexity index is 446. The van der Waals surface area contributed by atoms with Gasteiger partial charge in [0.2, 0.25) is 0 Å². The van der Waals surface area contributed by atoms with E-state index in [9.17, 15) is 0 Å². The minimum Gasteiger partial charge on any atom is -0.383 e. The fourth-order valence-corrected chi connectivity index (χ4v) is 7.35. The molecule has 234 valence electrons. The van der Waals surface area contributed by atoms with Crippen LogP contribution >= 0.6 is 0 Å². The first-order valence-electron chi connectivity index (χ1n) is 18.9. The molecule has 0 unspecified atom stereocenters. The molecular formula is C36H69BO3. The lowest BCUT2D eigenvalue weighted by molar-refractivity contribution is -0.00672. The van der Waals surface area contributed by atoms with Crippen LogP contribution in [0.1, 0.15) is 212 Å². The zero-order chi connectivity index (χ0) is 27.8. The average molecular weight is 561 g/mol. The maximum Gasteiger partial charge on any atom is 0.640 e. The molecule has 3 saturated carbocycles. The van der Waals surface area contributed by atoms with E-state index >= 15 is 0 Å². The number of hydrogen-bond acceptors (Lipinski definition) is 3. The summed E-state index contributed by atoms with van der Waals surface area (Å²) >= 11 is 0. The molecule has 3 aliphatic carbocycles. The van der Waals surface area contributed by atoms with E-state index in [0.717, 1.165) is 0 Å². The van der Waals surface area contributed by atoms with Gasteiger partial charge in [-0.1, -0.05) is 173 Å². The van der Waals surface area contributed by atoms with Crippen molar-refractivity contribution >= 4 is 7.32 Å². The van der Waals surface area contributed by atoms with Gasteiger partial charge in [0.25, 0.3) is 0 Å². The molecule has 3 fully saturated rings. The Labute approximate surface area is 251 Å². The summed E-state index contributed by atoms with van der Waals surface area (Å²) in [4.78, 5) is 0. The van der Waals surface area contributed by atoms with Crippen LogP contribution in [-0.4, -0.2) is 25.6 Å². The lowest BCUT2D eigenvalue weighted by atomic mass is 9.96. The highest BCUT2D eigenvalue weighted by atomic mass is 16.7. The van der Waals surface area contributed by atoms with Gasteiger partial charge in [0, 0.05) is 18.3 Å². The van der Waals surface area contributed by atoms with Gasteiger partial charge in [0.15, 0.2) is 0 Å². The number of hydrogen-bond donors (Lipinski definition) is 0. The second-order valence-corrected chi connectivity index (χ2v) is 13.8. The fourth-order valence-electron chi connectivity index (χ4n) is 7.35. The highest BCUT2D eigenvalue weighted by Gasteiger charge is 2.32. The van der Waals surface area contributed by atoms with Crippen LogP contribution in [0, 0.1) is 0 Å². The summed E-state index contributed by atoms with van der Waals surface area (Å²) in [5, 5.41) is 0. The molecule has 0 aromatic rings. The topological polar surface area (TPSA) is 27.7 Å². The van der Waals surface area contributed by atoms with Gasteiger partial charge in [-0.05, 0) is 38.5 Å². The zero-order valence-electron chi connectivity index (χ0n) is 26.9. The SMILES string of the molecule is C1CCCCCC(OB(OC2CCCCCCCCCCC2)OC2CCCCCCCCCCC2)CCCCC1. The van der Waals surface area contributed by atoms with E-state index in [1.165, 1.54) is 212 Å². The quantitative estimate of drug-likeness (QED) is 0.302. The highest BCUT2D eigenvalue weighted by Crippen LogP contribution is 2.26. The first-order valence-corrected chi connectivity index (χ1v) is 18.9. The Morgan fingerprint density at radius 3 is 0.550 bits per heavy atom. The Balaban J connectivity index is 1.63. The molecule has 0 amide bonds. The summed E-state index contributed by atoms with van der Waals surface area (Å²) in [7, 11) is -0.464. The maximum absolute atomic E-state index is 6.90. The summed E-state index contributed by atoms with van der Waals surface area (Å²) in [5.41, 5.74) is 0. The summed E-state index contributed by atoms with van der Waals surface area (Å²) < 4.78 is 20.7. The minimum absolute atomic E-state index is 0.293. The molecule has 0 aromatic carbocycles. The van der Waals surface area contributed by atoms with E-state index in [-0.39, 0.29) is 0 Å². The third kappa shape index (κ3) is 17.8. The Morgan fingerprint density at radius 1 is 0.225 bits per heavy atom. The Hall–Kier alpha value is -0.0551. The highest BCUT2D eigenvalue weighted by molar-refractivity contribution is 6.36. The van der Waals surface area contributed by atoms with E-state index in [1.807, 2.05) is 0 Å². The van der Waals surface area contributed by atoms with Crippen LogP contribution < -0.4 is 0 Å². The average Bonchev–Trinajstić information content (AvgIpc) is 2.93. The summed E-state index contributed by atoms with van der Waals surface area (Å²) in [6.07, 6.45) is 45.1. The van der Waals surface area contributed by atoms with Crippen LogP contribution in [0.2, 0.25) is 0 Å². The van der Waals surface area contributed by atoms with Gasteiger partial charge in [-0.2, -0.15) is 0 Å². The van der Waals surface area contributed by atoms with Crippen LogP contribution in [0.25, 0.3) is 0 Å². The van der Waals surface area contributed by atoms with Gasteiger partial charge in [0.05, 0.1) is 0 Å². The van der Waals surface area contributed by atoms with Crippen molar-refractivity contribution in [2.75, 3.05) is 0 Å². The first kappa shape index (κ1) is 34.4. The van der Waals surface area contributed by atoms with Crippen molar-refractivity contribution in [2.24, 2.45) is 0 Å². The normalized spacial score (nSPS) is 25.2. The van der Waals surface area contributed by atoms with Crippen molar-refractivity contribution in [3.8, 4) is 0 Å². The molecule has 0 N–H and O–H groups in total. The molecular weight excluding hydrogens is 491 g/mol. The van der Waals surface area contributed by atoms with Gasteiger partial charge in [-0.25, -0.2) is 0 Å². The molecule has 0 heterocycles. The molecule has 40 heavy (non-hydrogen) atoms. The molecule has 0 saturated heterocycles. The number of rotatable bonds is 6. The van der Waals surface area contributed by atoms with Crippen LogP contribution in [0.5, 0.6) is 0 Å². The summed E-state index contributed by atoms with van der Waals surface area (Å²) in [6.45, 7) is 0. The standard InChI is InChI=1S/C36H69BO3/c1-4-10-16-22-28-34(29-23-17-11-5-1)38-37(39-35-30-24-18-12-6-2-7-13-19-25-31-35)40-36-32-26-20-14-8-3-9-15-21-27-33-36/h34-36H,1-33H2. The Kier molecular flexibility index (Phi) is 21.0. The zero-order valence-corrected chi connectivity index (χ0v) is 26.9. The molecule has 0 aliphatic heterocycles. The van der Waals surface area contributed by atoms with E-state index in [4.69, 9.17) is 14.0 Å². The van der Waals surface area contributed by atoms with E-state index < -0.39 is 7.32 Å². The Morgan fingerprint density at radius 2 is 0.375 bits per heavy atom. The largest absolute Gasteiger partial charge is 0.640 e. The summed E-state index contributed by atoms with van der Waals surface area (Å²) in [5.74, 6) is 0. The van der Waals surface area contributed by atoms with Crippen LogP contribution in [-0.2, 0) is 14.0 Å². The molecule has 0 aromatic heterocycles. The molecule has 0 atom stereocenters. The third-order valence-electron chi connectivity index (χ3n) is 10.1. The smallest absolute Gasteiger partial charge is 0.383 e. The van der Waals surface area contributed by atoms with Crippen molar-refractivity contribution in [3.63, 3.8) is 0 Å². The molecule has 3 nitrogen and oxygen atoms in total. The molecule has 0 radical (unpaired) electrons. The van der Waals surface area contributed by atoms with Crippen LogP contribution in [0.4, 0.5) is 0 Å². The molecule has 3 aliphatic rings. The lowest BCUT2D eigenvalue weighted by Crippen LogP contribution is -2.39. The van der Waals surface area contributed by atoms with Crippen LogP contribution in [0.3, 0.4) is 0 Å². The predicted octanol–water partition coefficient (Wildman–Crippen LogP) is 12.0. The van der Waals surface area contributed by atoms with E-state index in [2.05, 4.69) is 0 Å². The molecule has 3 rings (SSSR count). The molecule has 4 heteroatoms. The monoisotopic (exact) mass is 561 g/mol. The van der Waals surface area contributed by atoms with Crippen molar-refractivity contribution in [1.82, 2.24) is 0 Å². The lowest BCUT2D eigenvalue weighted by Gasteiger charge is -2.29. The van der Waals surface area contributed by atoms with Gasteiger partial charge in [-0.3, -0.25) is 0 Å². The van der Waals surface area contributed by atoms with Gasteiger partial charge >= 0.3 is 7.32 Å². The van der Waals surface area contributed by atoms with E-state index in [0.29, 0.717) is 18.3 Å². The van der Waals surface area contributed by atoms with Crippen molar-refractivity contribution in [1.29, 1.82) is 0 Å². The van der Waals surface area contributed by atoms with Crippen molar-refractivity contribution < 1.29 is 14.0 Å². The van der Waals surface area contributed by atoms with Gasteiger partial charge in [-0.15, -0.1) is 0 Å². The van der Waals surface area contributed by atoms with Gasteiger partial charge in [0.1, 0.15) is 0 Å². The molecule has 0 spiro atoms. The van der Waals surface area contributed by atoms with E-state index in [1.54, 1.807) is 0 Å². The molecule has 0 bridgehead atoms. The second kappa shape index (κ2) is 24.4. The second-order valence-electron chi connectivity index (χ2n) is 13.8. The van der Waals surface area contributed by atoms with Crippen LogP contribution in [0.15, 0.2) is 0 Å². The van der Waals surface area contributed by atoms with Crippen molar-refractivity contribution in [2.45, 2.75) is 230 Å². The predicted molar refractivity (Wildman–Crippen MR) is 173 cm³/mol. The third-order valence-corrected chi connectivity index (χ3v) is 10.1.